The molecule has 1 aromatic carbocycles. The summed E-state index contributed by atoms with van der Waals surface area (Å²) < 4.78 is 11.5. The summed E-state index contributed by atoms with van der Waals surface area (Å²) in [6.45, 7) is 3.56. The lowest BCUT2D eigenvalue weighted by Crippen LogP contribution is -2.25. The van der Waals surface area contributed by atoms with Crippen LogP contribution < -0.4 is 10.1 Å². The number of hydrogen-bond acceptors (Lipinski definition) is 3. The average Bonchev–Trinajstić information content (AvgIpc) is 2.90. The SMILES string of the molecule is CCCCC/C=C\C/C=C\C/C=C\C/C=C\CCCC(=O)NCc1ccc(OC2CCCCO2)cc1. The van der Waals surface area contributed by atoms with Crippen LogP contribution in [0.2, 0.25) is 0 Å². The Kier molecular flexibility index (Phi) is 16.9. The van der Waals surface area contributed by atoms with Crippen LogP contribution in [0.4, 0.5) is 0 Å². The number of carbonyl (C=O) groups excluding carboxylic acids is 1. The van der Waals surface area contributed by atoms with E-state index in [2.05, 4.69) is 60.8 Å². The summed E-state index contributed by atoms with van der Waals surface area (Å²) >= 11 is 0. The number of allylic oxidation sites excluding steroid dienone is 8. The Morgan fingerprint density at radius 2 is 1.53 bits per heavy atom. The van der Waals surface area contributed by atoms with E-state index in [-0.39, 0.29) is 12.2 Å². The van der Waals surface area contributed by atoms with E-state index in [1.807, 2.05) is 24.3 Å². The molecule has 36 heavy (non-hydrogen) atoms. The smallest absolute Gasteiger partial charge is 0.220 e. The molecule has 0 aliphatic carbocycles. The summed E-state index contributed by atoms with van der Waals surface area (Å²) in [5.41, 5.74) is 1.07. The Hall–Kier alpha value is -2.59. The molecule has 0 bridgehead atoms. The van der Waals surface area contributed by atoms with Gasteiger partial charge in [-0.05, 0) is 75.5 Å². The topological polar surface area (TPSA) is 47.6 Å². The summed E-state index contributed by atoms with van der Waals surface area (Å²) in [7, 11) is 0. The van der Waals surface area contributed by atoms with Crippen LogP contribution in [-0.4, -0.2) is 18.8 Å². The maximum Gasteiger partial charge on any atom is 0.220 e. The number of rotatable bonds is 18. The Morgan fingerprint density at radius 3 is 2.14 bits per heavy atom. The van der Waals surface area contributed by atoms with E-state index in [0.29, 0.717) is 13.0 Å². The first-order valence-corrected chi connectivity index (χ1v) is 14.0. The molecule has 1 atom stereocenters. The predicted octanol–water partition coefficient (Wildman–Crippen LogP) is 8.35. The van der Waals surface area contributed by atoms with Gasteiger partial charge in [0.1, 0.15) is 5.75 Å². The molecule has 1 heterocycles. The van der Waals surface area contributed by atoms with Crippen LogP contribution in [0.15, 0.2) is 72.9 Å². The molecular weight excluding hydrogens is 446 g/mol. The first-order valence-electron chi connectivity index (χ1n) is 14.0. The highest BCUT2D eigenvalue weighted by Crippen LogP contribution is 2.19. The Bertz CT molecular complexity index is 801. The highest BCUT2D eigenvalue weighted by atomic mass is 16.7. The summed E-state index contributed by atoms with van der Waals surface area (Å²) in [4.78, 5) is 12.1. The third-order valence-electron chi connectivity index (χ3n) is 6.05. The first-order chi connectivity index (χ1) is 17.8. The van der Waals surface area contributed by atoms with Gasteiger partial charge in [0.05, 0.1) is 6.61 Å². The minimum atomic E-state index is -0.131. The normalized spacial score (nSPS) is 16.5. The minimum absolute atomic E-state index is 0.0989. The molecule has 0 saturated carbocycles. The third kappa shape index (κ3) is 15.4. The largest absolute Gasteiger partial charge is 0.465 e. The maximum absolute atomic E-state index is 12.1. The molecule has 1 aliphatic rings. The van der Waals surface area contributed by atoms with E-state index in [4.69, 9.17) is 9.47 Å². The van der Waals surface area contributed by atoms with Crippen molar-refractivity contribution in [3.63, 3.8) is 0 Å². The zero-order chi connectivity index (χ0) is 25.5. The zero-order valence-electron chi connectivity index (χ0n) is 22.3. The quantitative estimate of drug-likeness (QED) is 0.165. The molecule has 0 radical (unpaired) electrons. The summed E-state index contributed by atoms with van der Waals surface area (Å²) in [5, 5.41) is 3.00. The van der Waals surface area contributed by atoms with Crippen LogP contribution >= 0.6 is 0 Å². The number of unbranched alkanes of at least 4 members (excludes halogenated alkanes) is 4. The van der Waals surface area contributed by atoms with Crippen molar-refractivity contribution in [2.24, 2.45) is 0 Å². The Labute approximate surface area is 219 Å². The molecular formula is C32H47NO3. The second-order valence-corrected chi connectivity index (χ2v) is 9.32. The van der Waals surface area contributed by atoms with E-state index in [0.717, 1.165) is 69.3 Å². The molecule has 1 unspecified atom stereocenters. The fraction of sp³-hybridized carbons (Fsp3) is 0.531. The molecule has 1 aliphatic heterocycles. The lowest BCUT2D eigenvalue weighted by molar-refractivity contribution is -0.121. The van der Waals surface area contributed by atoms with E-state index in [1.54, 1.807) is 0 Å². The Balaban J connectivity index is 1.44. The molecule has 0 aromatic heterocycles. The molecule has 198 valence electrons. The van der Waals surface area contributed by atoms with Crippen molar-refractivity contribution in [1.82, 2.24) is 5.32 Å². The molecule has 1 fully saturated rings. The van der Waals surface area contributed by atoms with Crippen LogP contribution in [0.5, 0.6) is 5.75 Å². The van der Waals surface area contributed by atoms with Crippen LogP contribution in [0.25, 0.3) is 0 Å². The predicted molar refractivity (Wildman–Crippen MR) is 151 cm³/mol. The number of amides is 1. The molecule has 1 aromatic rings. The number of carbonyl (C=O) groups is 1. The maximum atomic E-state index is 12.1. The molecule has 1 amide bonds. The molecule has 4 nitrogen and oxygen atoms in total. The zero-order valence-corrected chi connectivity index (χ0v) is 22.3. The van der Waals surface area contributed by atoms with Crippen LogP contribution in [0, 0.1) is 0 Å². The number of hydrogen-bond donors (Lipinski definition) is 1. The van der Waals surface area contributed by atoms with Crippen LogP contribution in [0.3, 0.4) is 0 Å². The van der Waals surface area contributed by atoms with Crippen molar-refractivity contribution in [2.45, 2.75) is 103 Å². The molecule has 1 saturated heterocycles. The summed E-state index contributed by atoms with van der Waals surface area (Å²) in [5.74, 6) is 0.915. The second kappa shape index (κ2) is 20.6. The van der Waals surface area contributed by atoms with E-state index >= 15 is 0 Å². The monoisotopic (exact) mass is 493 g/mol. The van der Waals surface area contributed by atoms with Gasteiger partial charge >= 0.3 is 0 Å². The van der Waals surface area contributed by atoms with Crippen molar-refractivity contribution in [3.05, 3.63) is 78.4 Å². The number of ether oxygens (including phenoxy) is 2. The average molecular weight is 494 g/mol. The molecule has 4 heteroatoms. The molecule has 0 spiro atoms. The first kappa shape index (κ1) is 29.6. The molecule has 2 rings (SSSR count). The van der Waals surface area contributed by atoms with Crippen molar-refractivity contribution < 1.29 is 14.3 Å². The highest BCUT2D eigenvalue weighted by molar-refractivity contribution is 5.75. The molecule has 1 N–H and O–H groups in total. The van der Waals surface area contributed by atoms with Gasteiger partial charge in [-0.1, -0.05) is 80.5 Å². The van der Waals surface area contributed by atoms with Gasteiger partial charge in [0, 0.05) is 19.4 Å². The van der Waals surface area contributed by atoms with E-state index in [9.17, 15) is 4.79 Å². The van der Waals surface area contributed by atoms with Gasteiger partial charge in [0.25, 0.3) is 0 Å². The van der Waals surface area contributed by atoms with Gasteiger partial charge in [-0.2, -0.15) is 0 Å². The lowest BCUT2D eigenvalue weighted by Gasteiger charge is -2.23. The van der Waals surface area contributed by atoms with Gasteiger partial charge in [0.15, 0.2) is 6.29 Å². The van der Waals surface area contributed by atoms with Crippen molar-refractivity contribution >= 4 is 5.91 Å². The Morgan fingerprint density at radius 1 is 0.889 bits per heavy atom. The van der Waals surface area contributed by atoms with Crippen molar-refractivity contribution in [3.8, 4) is 5.75 Å². The number of benzene rings is 1. The van der Waals surface area contributed by atoms with E-state index in [1.165, 1.54) is 25.7 Å². The number of nitrogens with one attached hydrogen (secondary N) is 1. The highest BCUT2D eigenvalue weighted by Gasteiger charge is 2.14. The van der Waals surface area contributed by atoms with Crippen molar-refractivity contribution in [1.29, 1.82) is 0 Å². The fourth-order valence-electron chi connectivity index (χ4n) is 3.87. The van der Waals surface area contributed by atoms with Gasteiger partial charge < -0.3 is 14.8 Å². The standard InChI is InChI=1S/C32H47NO3/c1-2-3-4-5-6-7-8-9-10-11-12-13-14-15-16-17-18-21-31(34)33-28-29-23-25-30(26-24-29)36-32-22-19-20-27-35-32/h6-7,9-10,12-13,15-16,23-26,32H,2-5,8,11,14,17-22,27-28H2,1H3,(H,33,34)/b7-6-,10-9-,13-12-,16-15-. The van der Waals surface area contributed by atoms with Gasteiger partial charge in [-0.15, -0.1) is 0 Å². The van der Waals surface area contributed by atoms with Gasteiger partial charge in [0.2, 0.25) is 5.91 Å². The summed E-state index contributed by atoms with van der Waals surface area (Å²) in [6, 6.07) is 7.89. The minimum Gasteiger partial charge on any atom is -0.465 e. The lowest BCUT2D eigenvalue weighted by atomic mass is 10.2. The van der Waals surface area contributed by atoms with Gasteiger partial charge in [-0.3, -0.25) is 4.79 Å². The van der Waals surface area contributed by atoms with Crippen molar-refractivity contribution in [2.75, 3.05) is 6.61 Å². The van der Waals surface area contributed by atoms with Gasteiger partial charge in [-0.25, -0.2) is 0 Å². The van der Waals surface area contributed by atoms with Crippen LogP contribution in [0.1, 0.15) is 96.0 Å². The third-order valence-corrected chi connectivity index (χ3v) is 6.05. The van der Waals surface area contributed by atoms with E-state index < -0.39 is 0 Å². The second-order valence-electron chi connectivity index (χ2n) is 9.32. The summed E-state index contributed by atoms with van der Waals surface area (Å²) in [6.07, 6.45) is 31.3. The fourth-order valence-corrected chi connectivity index (χ4v) is 3.87. The van der Waals surface area contributed by atoms with Crippen LogP contribution in [-0.2, 0) is 16.1 Å².